The number of aromatic amines is 1. The van der Waals surface area contributed by atoms with E-state index < -0.39 is 0 Å². The van der Waals surface area contributed by atoms with E-state index in [0.29, 0.717) is 0 Å². The van der Waals surface area contributed by atoms with Gasteiger partial charge in [-0.1, -0.05) is 48.5 Å². The molecule has 0 saturated carbocycles. The maximum Gasteiger partial charge on any atom is 0.264 e. The molecule has 0 radical (unpaired) electrons. The summed E-state index contributed by atoms with van der Waals surface area (Å²) in [6, 6.07) is 21.9. The topological polar surface area (TPSA) is 45.8 Å². The van der Waals surface area contributed by atoms with Crippen LogP contribution in [-0.2, 0) is 0 Å². The highest BCUT2D eigenvalue weighted by molar-refractivity contribution is 6.11. The standard InChI is InChI=1S/C18H12N2O/c21-17-10-9-16(19-20-17)18-14-7-3-1-5-12(14)11-13-6-2-4-8-15(13)18/h1-11H,(H,20,21). The number of hydrogen-bond donors (Lipinski definition) is 1. The van der Waals surface area contributed by atoms with Crippen molar-refractivity contribution in [1.82, 2.24) is 10.2 Å². The van der Waals surface area contributed by atoms with Crippen molar-refractivity contribution >= 4 is 21.5 Å². The maximum absolute atomic E-state index is 11.3. The molecular formula is C18H12N2O. The Hall–Kier alpha value is -2.94. The number of nitrogens with one attached hydrogen (secondary N) is 1. The first-order chi connectivity index (χ1) is 10.3. The lowest BCUT2D eigenvalue weighted by atomic mass is 9.95. The molecule has 100 valence electrons. The molecule has 4 rings (SSSR count). The molecule has 1 heterocycles. The molecule has 1 N–H and O–H groups in total. The molecule has 0 unspecified atom stereocenters. The highest BCUT2D eigenvalue weighted by Gasteiger charge is 2.10. The average molecular weight is 272 g/mol. The molecule has 0 saturated heterocycles. The molecule has 21 heavy (non-hydrogen) atoms. The van der Waals surface area contributed by atoms with E-state index >= 15 is 0 Å². The van der Waals surface area contributed by atoms with Gasteiger partial charge >= 0.3 is 0 Å². The van der Waals surface area contributed by atoms with Crippen molar-refractivity contribution in [3.63, 3.8) is 0 Å². The molecule has 3 nitrogen and oxygen atoms in total. The third-order valence-corrected chi connectivity index (χ3v) is 3.71. The van der Waals surface area contributed by atoms with Gasteiger partial charge in [-0.3, -0.25) is 4.79 Å². The summed E-state index contributed by atoms with van der Waals surface area (Å²) >= 11 is 0. The third kappa shape index (κ3) is 1.91. The first-order valence-corrected chi connectivity index (χ1v) is 6.79. The number of aromatic nitrogens is 2. The van der Waals surface area contributed by atoms with Crippen molar-refractivity contribution in [2.45, 2.75) is 0 Å². The van der Waals surface area contributed by atoms with E-state index in [-0.39, 0.29) is 5.56 Å². The molecule has 4 aromatic rings. The van der Waals surface area contributed by atoms with Gasteiger partial charge in [0.1, 0.15) is 0 Å². The Morgan fingerprint density at radius 3 is 1.95 bits per heavy atom. The summed E-state index contributed by atoms with van der Waals surface area (Å²) in [5, 5.41) is 11.3. The summed E-state index contributed by atoms with van der Waals surface area (Å²) in [6.45, 7) is 0. The number of nitrogens with zero attached hydrogens (tertiary/aromatic N) is 1. The van der Waals surface area contributed by atoms with Crippen LogP contribution in [0.5, 0.6) is 0 Å². The summed E-state index contributed by atoms with van der Waals surface area (Å²) in [6.07, 6.45) is 0. The lowest BCUT2D eigenvalue weighted by Gasteiger charge is -2.10. The van der Waals surface area contributed by atoms with E-state index in [2.05, 4.69) is 40.5 Å². The van der Waals surface area contributed by atoms with Gasteiger partial charge in [-0.15, -0.1) is 0 Å². The minimum Gasteiger partial charge on any atom is -0.268 e. The summed E-state index contributed by atoms with van der Waals surface area (Å²) in [7, 11) is 0. The van der Waals surface area contributed by atoms with Gasteiger partial charge in [-0.05, 0) is 33.7 Å². The Labute approximate surface area is 120 Å². The van der Waals surface area contributed by atoms with Crippen LogP contribution in [0.15, 0.2) is 71.5 Å². The molecule has 0 fully saturated rings. The molecule has 0 bridgehead atoms. The summed E-state index contributed by atoms with van der Waals surface area (Å²) in [5.74, 6) is 0. The largest absolute Gasteiger partial charge is 0.268 e. The smallest absolute Gasteiger partial charge is 0.264 e. The van der Waals surface area contributed by atoms with Crippen LogP contribution in [0.25, 0.3) is 32.8 Å². The van der Waals surface area contributed by atoms with E-state index in [0.717, 1.165) is 22.0 Å². The monoisotopic (exact) mass is 272 g/mol. The zero-order chi connectivity index (χ0) is 14.2. The predicted octanol–water partition coefficient (Wildman–Crippen LogP) is 3.74. The van der Waals surface area contributed by atoms with Gasteiger partial charge in [0.25, 0.3) is 5.56 Å². The van der Waals surface area contributed by atoms with Crippen LogP contribution < -0.4 is 5.56 Å². The van der Waals surface area contributed by atoms with Gasteiger partial charge in [0.2, 0.25) is 0 Å². The Bertz CT molecular complexity index is 944. The summed E-state index contributed by atoms with van der Waals surface area (Å²) in [5.41, 5.74) is 1.64. The molecule has 0 spiro atoms. The first kappa shape index (κ1) is 11.9. The fourth-order valence-electron chi connectivity index (χ4n) is 2.77. The molecular weight excluding hydrogens is 260 g/mol. The Balaban J connectivity index is 2.21. The van der Waals surface area contributed by atoms with Crippen LogP contribution in [0.1, 0.15) is 0 Å². The number of benzene rings is 3. The van der Waals surface area contributed by atoms with Crippen LogP contribution in [0.2, 0.25) is 0 Å². The summed E-state index contributed by atoms with van der Waals surface area (Å²) in [4.78, 5) is 11.3. The van der Waals surface area contributed by atoms with E-state index in [1.165, 1.54) is 16.8 Å². The molecule has 0 aliphatic heterocycles. The minimum atomic E-state index is -0.191. The number of fused-ring (bicyclic) bond motifs is 2. The number of H-pyrrole nitrogens is 1. The second-order valence-electron chi connectivity index (χ2n) is 5.00. The van der Waals surface area contributed by atoms with Crippen molar-refractivity contribution in [2.75, 3.05) is 0 Å². The van der Waals surface area contributed by atoms with Crippen molar-refractivity contribution < 1.29 is 0 Å². The molecule has 0 amide bonds. The lowest BCUT2D eigenvalue weighted by molar-refractivity contribution is 0.997. The highest BCUT2D eigenvalue weighted by Crippen LogP contribution is 2.34. The average Bonchev–Trinajstić information content (AvgIpc) is 2.53. The van der Waals surface area contributed by atoms with Crippen LogP contribution >= 0.6 is 0 Å². The fraction of sp³-hybridized carbons (Fsp3) is 0. The first-order valence-electron chi connectivity index (χ1n) is 6.79. The SMILES string of the molecule is O=c1ccc(-c2c3ccccc3cc3ccccc23)n[nH]1. The Kier molecular flexibility index (Phi) is 2.57. The maximum atomic E-state index is 11.3. The van der Waals surface area contributed by atoms with Gasteiger partial charge in [0.15, 0.2) is 0 Å². The van der Waals surface area contributed by atoms with Gasteiger partial charge in [-0.25, -0.2) is 5.10 Å². The molecule has 0 aliphatic carbocycles. The number of hydrogen-bond acceptors (Lipinski definition) is 2. The third-order valence-electron chi connectivity index (χ3n) is 3.71. The van der Waals surface area contributed by atoms with Crippen molar-refractivity contribution in [3.8, 4) is 11.3 Å². The molecule has 3 aromatic carbocycles. The Morgan fingerprint density at radius 1 is 0.762 bits per heavy atom. The fourth-order valence-corrected chi connectivity index (χ4v) is 2.77. The second-order valence-corrected chi connectivity index (χ2v) is 5.00. The van der Waals surface area contributed by atoms with Crippen LogP contribution in [0.4, 0.5) is 0 Å². The van der Waals surface area contributed by atoms with Crippen molar-refractivity contribution in [2.24, 2.45) is 0 Å². The lowest BCUT2D eigenvalue weighted by Crippen LogP contribution is -2.05. The van der Waals surface area contributed by atoms with E-state index in [1.807, 2.05) is 24.3 Å². The van der Waals surface area contributed by atoms with Gasteiger partial charge in [0, 0.05) is 11.6 Å². The van der Waals surface area contributed by atoms with Gasteiger partial charge in [0.05, 0.1) is 5.69 Å². The quantitative estimate of drug-likeness (QED) is 0.536. The van der Waals surface area contributed by atoms with Crippen molar-refractivity contribution in [1.29, 1.82) is 0 Å². The number of rotatable bonds is 1. The predicted molar refractivity (Wildman–Crippen MR) is 85.3 cm³/mol. The van der Waals surface area contributed by atoms with E-state index in [1.54, 1.807) is 6.07 Å². The highest BCUT2D eigenvalue weighted by atomic mass is 16.1. The minimum absolute atomic E-state index is 0.191. The van der Waals surface area contributed by atoms with Gasteiger partial charge < -0.3 is 0 Å². The van der Waals surface area contributed by atoms with Gasteiger partial charge in [-0.2, -0.15) is 5.10 Å². The second kappa shape index (κ2) is 4.56. The molecule has 3 heteroatoms. The zero-order valence-electron chi connectivity index (χ0n) is 11.2. The normalized spacial score (nSPS) is 11.0. The Morgan fingerprint density at radius 2 is 1.38 bits per heavy atom. The summed E-state index contributed by atoms with van der Waals surface area (Å²) < 4.78 is 0. The zero-order valence-corrected chi connectivity index (χ0v) is 11.2. The van der Waals surface area contributed by atoms with Crippen LogP contribution in [0, 0.1) is 0 Å². The molecule has 0 atom stereocenters. The van der Waals surface area contributed by atoms with Crippen LogP contribution in [-0.4, -0.2) is 10.2 Å². The molecule has 0 aliphatic rings. The van der Waals surface area contributed by atoms with Crippen molar-refractivity contribution in [3.05, 3.63) is 77.1 Å². The van der Waals surface area contributed by atoms with E-state index in [9.17, 15) is 4.79 Å². The van der Waals surface area contributed by atoms with Crippen LogP contribution in [0.3, 0.4) is 0 Å². The van der Waals surface area contributed by atoms with E-state index in [4.69, 9.17) is 0 Å². The molecule has 1 aromatic heterocycles.